The van der Waals surface area contributed by atoms with Gasteiger partial charge in [0.1, 0.15) is 6.61 Å². The van der Waals surface area contributed by atoms with Gasteiger partial charge < -0.3 is 9.84 Å². The summed E-state index contributed by atoms with van der Waals surface area (Å²) in [7, 11) is 0. The second-order valence-electron chi connectivity index (χ2n) is 7.79. The van der Waals surface area contributed by atoms with Gasteiger partial charge >= 0.3 is 12.1 Å². The predicted octanol–water partition coefficient (Wildman–Crippen LogP) is 5.16. The molecule has 3 aromatic rings. The van der Waals surface area contributed by atoms with Gasteiger partial charge in [-0.25, -0.2) is 4.79 Å². The molecule has 0 spiro atoms. The van der Waals surface area contributed by atoms with Crippen molar-refractivity contribution in [3.8, 4) is 11.1 Å². The van der Waals surface area contributed by atoms with Crippen LogP contribution in [0.5, 0.6) is 0 Å². The van der Waals surface area contributed by atoms with Crippen molar-refractivity contribution in [2.24, 2.45) is 0 Å². The summed E-state index contributed by atoms with van der Waals surface area (Å²) < 4.78 is 5.58. The van der Waals surface area contributed by atoms with E-state index in [2.05, 4.69) is 29.6 Å². The lowest BCUT2D eigenvalue weighted by molar-refractivity contribution is -0.138. The van der Waals surface area contributed by atoms with E-state index in [1.165, 1.54) is 22.3 Å². The van der Waals surface area contributed by atoms with Crippen LogP contribution in [0.4, 0.5) is 10.5 Å². The summed E-state index contributed by atoms with van der Waals surface area (Å²) in [5, 5.41) is 12.1. The number of carbonyl (C=O) groups is 2. The molecule has 5 rings (SSSR count). The van der Waals surface area contributed by atoms with Crippen LogP contribution in [0.25, 0.3) is 11.1 Å². The van der Waals surface area contributed by atoms with Gasteiger partial charge in [-0.05, 0) is 58.4 Å². The largest absolute Gasteiger partial charge is 0.481 e. The summed E-state index contributed by atoms with van der Waals surface area (Å²) in [4.78, 5) is 23.8. The Kier molecular flexibility index (Phi) is 4.51. The summed E-state index contributed by atoms with van der Waals surface area (Å²) >= 11 is 0. The van der Waals surface area contributed by atoms with E-state index in [4.69, 9.17) is 4.74 Å². The molecular weight excluding hydrogens is 378 g/mol. The number of fused-ring (bicyclic) bond motifs is 4. The summed E-state index contributed by atoms with van der Waals surface area (Å²) in [6, 6.07) is 21.8. The van der Waals surface area contributed by atoms with E-state index in [0.717, 1.165) is 11.1 Å². The van der Waals surface area contributed by atoms with E-state index in [-0.39, 0.29) is 12.5 Å². The molecule has 0 aliphatic heterocycles. The Balaban J connectivity index is 1.28. The van der Waals surface area contributed by atoms with Crippen LogP contribution >= 0.6 is 0 Å². The first-order chi connectivity index (χ1) is 14.6. The van der Waals surface area contributed by atoms with Crippen LogP contribution < -0.4 is 5.32 Å². The lowest BCUT2D eigenvalue weighted by Gasteiger charge is -2.15. The van der Waals surface area contributed by atoms with Gasteiger partial charge in [0, 0.05) is 11.6 Å². The Bertz CT molecular complexity index is 1110. The molecule has 5 nitrogen and oxygen atoms in total. The maximum Gasteiger partial charge on any atom is 0.411 e. The summed E-state index contributed by atoms with van der Waals surface area (Å²) in [5.41, 5.74) is 7.14. The molecule has 1 amide bonds. The second-order valence-corrected chi connectivity index (χ2v) is 7.79. The first kappa shape index (κ1) is 18.4. The number of anilines is 1. The third-order valence-corrected chi connectivity index (χ3v) is 6.11. The third kappa shape index (κ3) is 3.12. The van der Waals surface area contributed by atoms with Crippen molar-refractivity contribution < 1.29 is 19.4 Å². The smallest absolute Gasteiger partial charge is 0.411 e. The molecule has 2 N–H and O–H groups in total. The average molecular weight is 399 g/mol. The van der Waals surface area contributed by atoms with Crippen LogP contribution in [-0.2, 0) is 16.0 Å². The molecular formula is C25H21NO4. The highest BCUT2D eigenvalue weighted by Gasteiger charge is 2.30. The lowest BCUT2D eigenvalue weighted by atomic mass is 9.98. The Morgan fingerprint density at radius 2 is 1.60 bits per heavy atom. The number of ether oxygens (including phenoxy) is 1. The minimum atomic E-state index is -0.800. The number of carbonyl (C=O) groups excluding carboxylic acids is 1. The highest BCUT2D eigenvalue weighted by molar-refractivity contribution is 5.86. The molecule has 0 saturated heterocycles. The van der Waals surface area contributed by atoms with Crippen molar-refractivity contribution in [2.45, 2.75) is 24.7 Å². The van der Waals surface area contributed by atoms with Gasteiger partial charge in [-0.15, -0.1) is 0 Å². The molecule has 2 aliphatic carbocycles. The number of amides is 1. The molecule has 5 heteroatoms. The van der Waals surface area contributed by atoms with E-state index >= 15 is 0 Å². The number of aliphatic carboxylic acids is 1. The number of rotatable bonds is 4. The fourth-order valence-corrected chi connectivity index (χ4v) is 4.70. The molecule has 2 aliphatic rings. The Morgan fingerprint density at radius 1 is 0.933 bits per heavy atom. The quantitative estimate of drug-likeness (QED) is 0.635. The highest BCUT2D eigenvalue weighted by Crippen LogP contribution is 2.44. The van der Waals surface area contributed by atoms with Crippen molar-refractivity contribution >= 4 is 17.7 Å². The number of hydrogen-bond acceptors (Lipinski definition) is 3. The first-order valence-corrected chi connectivity index (χ1v) is 10.1. The average Bonchev–Trinajstić information content (AvgIpc) is 3.31. The molecule has 1 atom stereocenters. The lowest BCUT2D eigenvalue weighted by Crippen LogP contribution is -2.18. The zero-order valence-corrected chi connectivity index (χ0v) is 16.3. The first-order valence-electron chi connectivity index (χ1n) is 10.1. The number of aryl methyl sites for hydroxylation is 1. The van der Waals surface area contributed by atoms with Gasteiger partial charge in [0.25, 0.3) is 0 Å². The van der Waals surface area contributed by atoms with Crippen molar-refractivity contribution in [3.05, 3.63) is 89.0 Å². The van der Waals surface area contributed by atoms with Gasteiger partial charge in [0.15, 0.2) is 0 Å². The van der Waals surface area contributed by atoms with Crippen molar-refractivity contribution in [2.75, 3.05) is 11.9 Å². The van der Waals surface area contributed by atoms with Crippen LogP contribution in [0.1, 0.15) is 40.5 Å². The van der Waals surface area contributed by atoms with Crippen LogP contribution in [-0.4, -0.2) is 23.8 Å². The predicted molar refractivity (Wildman–Crippen MR) is 114 cm³/mol. The standard InChI is InChI=1S/C25H21NO4/c27-24(28)22-11-9-15-13-16(10-12-17(15)22)26-25(29)30-14-23-20-7-3-1-5-18(20)19-6-2-4-8-21(19)23/h1-8,10,12-13,22-23H,9,11,14H2,(H,26,29)(H,27,28). The Labute approximate surface area is 174 Å². The molecule has 0 heterocycles. The van der Waals surface area contributed by atoms with E-state index < -0.39 is 18.0 Å². The van der Waals surface area contributed by atoms with Gasteiger partial charge in [-0.1, -0.05) is 54.6 Å². The van der Waals surface area contributed by atoms with E-state index in [0.29, 0.717) is 18.5 Å². The van der Waals surface area contributed by atoms with Crippen LogP contribution in [0.2, 0.25) is 0 Å². The van der Waals surface area contributed by atoms with Crippen LogP contribution in [0, 0.1) is 0 Å². The van der Waals surface area contributed by atoms with Gasteiger partial charge in [0.05, 0.1) is 5.92 Å². The van der Waals surface area contributed by atoms with E-state index in [1.54, 1.807) is 12.1 Å². The third-order valence-electron chi connectivity index (χ3n) is 6.11. The summed E-state index contributed by atoms with van der Waals surface area (Å²) in [5.74, 6) is -1.24. The van der Waals surface area contributed by atoms with Crippen molar-refractivity contribution in [1.82, 2.24) is 0 Å². The number of carboxylic acids is 1. The zero-order chi connectivity index (χ0) is 20.7. The number of benzene rings is 3. The van der Waals surface area contributed by atoms with Crippen molar-refractivity contribution in [3.63, 3.8) is 0 Å². The number of hydrogen-bond donors (Lipinski definition) is 2. The van der Waals surface area contributed by atoms with Crippen LogP contribution in [0.15, 0.2) is 66.7 Å². The topological polar surface area (TPSA) is 75.6 Å². The fraction of sp³-hybridized carbons (Fsp3) is 0.200. The molecule has 0 bridgehead atoms. The minimum Gasteiger partial charge on any atom is -0.481 e. The highest BCUT2D eigenvalue weighted by atomic mass is 16.5. The van der Waals surface area contributed by atoms with E-state index in [9.17, 15) is 14.7 Å². The number of carboxylic acid groups (broad SMARTS) is 1. The molecule has 0 saturated carbocycles. The Hall–Kier alpha value is -3.60. The molecule has 3 aromatic carbocycles. The fourth-order valence-electron chi connectivity index (χ4n) is 4.70. The summed E-state index contributed by atoms with van der Waals surface area (Å²) in [6.45, 7) is 0.256. The monoisotopic (exact) mass is 399 g/mol. The normalized spacial score (nSPS) is 16.5. The molecule has 0 aromatic heterocycles. The van der Waals surface area contributed by atoms with Crippen molar-refractivity contribution in [1.29, 1.82) is 0 Å². The van der Waals surface area contributed by atoms with E-state index in [1.807, 2.05) is 30.3 Å². The maximum atomic E-state index is 12.4. The SMILES string of the molecule is O=C(Nc1ccc2c(c1)CCC2C(=O)O)OCC1c2ccccc2-c2ccccc21. The van der Waals surface area contributed by atoms with Gasteiger partial charge in [-0.3, -0.25) is 10.1 Å². The minimum absolute atomic E-state index is 0.0134. The molecule has 30 heavy (non-hydrogen) atoms. The molecule has 1 unspecified atom stereocenters. The van der Waals surface area contributed by atoms with Gasteiger partial charge in [-0.2, -0.15) is 0 Å². The second kappa shape index (κ2) is 7.34. The maximum absolute atomic E-state index is 12.4. The molecule has 0 fully saturated rings. The Morgan fingerprint density at radius 3 is 2.27 bits per heavy atom. The zero-order valence-electron chi connectivity index (χ0n) is 16.3. The van der Waals surface area contributed by atoms with Gasteiger partial charge in [0.2, 0.25) is 0 Å². The number of nitrogens with one attached hydrogen (secondary N) is 1. The van der Waals surface area contributed by atoms with Crippen LogP contribution in [0.3, 0.4) is 0 Å². The summed E-state index contributed by atoms with van der Waals surface area (Å²) in [6.07, 6.45) is 0.788. The molecule has 0 radical (unpaired) electrons. The molecule has 150 valence electrons.